The van der Waals surface area contributed by atoms with Crippen molar-refractivity contribution in [2.75, 3.05) is 20.3 Å². The number of nitrogens with zero attached hydrogens (tertiary/aromatic N) is 1. The first kappa shape index (κ1) is 19.1. The van der Waals surface area contributed by atoms with Crippen LogP contribution in [0.3, 0.4) is 0 Å². The number of nitrogens with two attached hydrogens (primary N) is 1. The summed E-state index contributed by atoms with van der Waals surface area (Å²) in [6, 6.07) is 5.27. The van der Waals surface area contributed by atoms with Crippen LogP contribution in [0.4, 0.5) is 0 Å². The molecule has 1 saturated heterocycles. The summed E-state index contributed by atoms with van der Waals surface area (Å²) in [5, 5.41) is 0. The Hall–Kier alpha value is -2.24. The molecule has 6 nitrogen and oxygen atoms in total. The highest BCUT2D eigenvalue weighted by molar-refractivity contribution is 5.95. The summed E-state index contributed by atoms with van der Waals surface area (Å²) >= 11 is 0. The van der Waals surface area contributed by atoms with E-state index in [1.54, 1.807) is 18.2 Å². The zero-order chi connectivity index (χ0) is 18.6. The number of amides is 2. The van der Waals surface area contributed by atoms with Gasteiger partial charge in [0.25, 0.3) is 11.8 Å². The lowest BCUT2D eigenvalue weighted by atomic mass is 9.87. The molecule has 1 aromatic rings. The molecule has 2 N–H and O–H groups in total. The van der Waals surface area contributed by atoms with Crippen LogP contribution in [0, 0.1) is 5.41 Å². The number of hydrogen-bond donors (Lipinski definition) is 1. The van der Waals surface area contributed by atoms with Gasteiger partial charge >= 0.3 is 0 Å². The van der Waals surface area contributed by atoms with Gasteiger partial charge in [-0.3, -0.25) is 9.59 Å². The van der Waals surface area contributed by atoms with Gasteiger partial charge in [-0.2, -0.15) is 0 Å². The molecule has 2 amide bonds. The van der Waals surface area contributed by atoms with Gasteiger partial charge in [0.1, 0.15) is 0 Å². The minimum atomic E-state index is -0.565. The molecule has 0 unspecified atom stereocenters. The molecular formula is C19H28N2O4. The molecule has 1 aliphatic heterocycles. The molecule has 0 radical (unpaired) electrons. The SMILES string of the molecule is COc1cc(C(=O)N2CCC[C@H]2CC(C)(C)C)ccc1OCC(N)=O. The van der Waals surface area contributed by atoms with E-state index in [9.17, 15) is 9.59 Å². The van der Waals surface area contributed by atoms with Crippen molar-refractivity contribution in [3.63, 3.8) is 0 Å². The standard InChI is InChI=1S/C19H28N2O4/c1-19(2,3)11-14-6-5-9-21(14)18(23)13-7-8-15(16(10-13)24-4)25-12-17(20)22/h7-8,10,14H,5-6,9,11-12H2,1-4H3,(H2,20,22)/t14-/m0/s1. The van der Waals surface area contributed by atoms with Crippen molar-refractivity contribution in [1.82, 2.24) is 4.90 Å². The highest BCUT2D eigenvalue weighted by Gasteiger charge is 2.32. The second-order valence-electron chi connectivity index (χ2n) is 7.68. The maximum Gasteiger partial charge on any atom is 0.255 e. The van der Waals surface area contributed by atoms with Crippen LogP contribution in [-0.4, -0.2) is 43.0 Å². The van der Waals surface area contributed by atoms with Crippen molar-refractivity contribution < 1.29 is 19.1 Å². The maximum absolute atomic E-state index is 12.9. The second kappa shape index (κ2) is 7.76. The Morgan fingerprint density at radius 1 is 1.28 bits per heavy atom. The van der Waals surface area contributed by atoms with Crippen molar-refractivity contribution in [3.05, 3.63) is 23.8 Å². The van der Waals surface area contributed by atoms with E-state index in [1.165, 1.54) is 7.11 Å². The third-order valence-corrected chi connectivity index (χ3v) is 4.27. The molecule has 1 fully saturated rings. The van der Waals surface area contributed by atoms with Gasteiger partial charge in [-0.05, 0) is 42.9 Å². The van der Waals surface area contributed by atoms with Crippen LogP contribution in [0.2, 0.25) is 0 Å². The summed E-state index contributed by atoms with van der Waals surface area (Å²) in [5.41, 5.74) is 5.83. The summed E-state index contributed by atoms with van der Waals surface area (Å²) in [7, 11) is 1.50. The Morgan fingerprint density at radius 3 is 2.60 bits per heavy atom. The van der Waals surface area contributed by atoms with Gasteiger partial charge in [0.15, 0.2) is 18.1 Å². The van der Waals surface area contributed by atoms with Crippen molar-refractivity contribution in [2.45, 2.75) is 46.1 Å². The summed E-state index contributed by atoms with van der Waals surface area (Å²) in [5.74, 6) is 0.250. The predicted molar refractivity (Wildman–Crippen MR) is 95.8 cm³/mol. The molecule has 0 spiro atoms. The Morgan fingerprint density at radius 2 is 2.00 bits per heavy atom. The van der Waals surface area contributed by atoms with Crippen molar-refractivity contribution in [2.24, 2.45) is 11.1 Å². The smallest absolute Gasteiger partial charge is 0.255 e. The molecule has 25 heavy (non-hydrogen) atoms. The van der Waals surface area contributed by atoms with Crippen molar-refractivity contribution in [3.8, 4) is 11.5 Å². The zero-order valence-corrected chi connectivity index (χ0v) is 15.5. The van der Waals surface area contributed by atoms with Gasteiger partial charge in [0, 0.05) is 18.2 Å². The van der Waals surface area contributed by atoms with E-state index in [0.29, 0.717) is 17.1 Å². The van der Waals surface area contributed by atoms with Crippen molar-refractivity contribution >= 4 is 11.8 Å². The largest absolute Gasteiger partial charge is 0.493 e. The normalized spacial score (nSPS) is 17.4. The average molecular weight is 348 g/mol. The van der Waals surface area contributed by atoms with E-state index >= 15 is 0 Å². The number of methoxy groups -OCH3 is 1. The lowest BCUT2D eigenvalue weighted by Gasteiger charge is -2.30. The van der Waals surface area contributed by atoms with Gasteiger partial charge in [-0.15, -0.1) is 0 Å². The first-order valence-corrected chi connectivity index (χ1v) is 8.61. The monoisotopic (exact) mass is 348 g/mol. The number of hydrogen-bond acceptors (Lipinski definition) is 4. The number of carbonyl (C=O) groups excluding carboxylic acids is 2. The minimum Gasteiger partial charge on any atom is -0.493 e. The van der Waals surface area contributed by atoms with Crippen LogP contribution in [0.5, 0.6) is 11.5 Å². The molecule has 6 heteroatoms. The highest BCUT2D eigenvalue weighted by Crippen LogP contribution is 2.33. The zero-order valence-electron chi connectivity index (χ0n) is 15.5. The quantitative estimate of drug-likeness (QED) is 0.857. The lowest BCUT2D eigenvalue weighted by molar-refractivity contribution is -0.119. The molecule has 2 rings (SSSR count). The summed E-state index contributed by atoms with van der Waals surface area (Å²) in [6.07, 6.45) is 3.05. The Kier molecular flexibility index (Phi) is 5.93. The molecule has 1 aromatic carbocycles. The Balaban J connectivity index is 2.17. The maximum atomic E-state index is 12.9. The molecule has 138 valence electrons. The van der Waals surface area contributed by atoms with E-state index in [-0.39, 0.29) is 24.0 Å². The summed E-state index contributed by atoms with van der Waals surface area (Å²) in [6.45, 7) is 7.14. The topological polar surface area (TPSA) is 81.9 Å². The molecule has 0 aromatic heterocycles. The first-order valence-electron chi connectivity index (χ1n) is 8.61. The third kappa shape index (κ3) is 5.11. The predicted octanol–water partition coefficient (Wildman–Crippen LogP) is 2.60. The van der Waals surface area contributed by atoms with E-state index in [1.807, 2.05) is 4.90 Å². The Bertz CT molecular complexity index is 637. The Labute approximate surface area is 149 Å². The molecule has 0 bridgehead atoms. The minimum absolute atomic E-state index is 0.00602. The van der Waals surface area contributed by atoms with Gasteiger partial charge < -0.3 is 20.1 Å². The third-order valence-electron chi connectivity index (χ3n) is 4.27. The van der Waals surface area contributed by atoms with Gasteiger partial charge in [0.2, 0.25) is 0 Å². The van der Waals surface area contributed by atoms with Crippen LogP contribution in [0.15, 0.2) is 18.2 Å². The molecule has 1 atom stereocenters. The summed E-state index contributed by atoms with van der Waals surface area (Å²) in [4.78, 5) is 25.8. The lowest BCUT2D eigenvalue weighted by Crippen LogP contribution is -2.37. The fourth-order valence-electron chi connectivity index (χ4n) is 3.26. The molecule has 1 aliphatic rings. The first-order chi connectivity index (χ1) is 11.7. The van der Waals surface area contributed by atoms with Crippen LogP contribution in [-0.2, 0) is 4.79 Å². The molecule has 1 heterocycles. The number of ether oxygens (including phenoxy) is 2. The van der Waals surface area contributed by atoms with Crippen LogP contribution in [0.1, 0.15) is 50.4 Å². The van der Waals surface area contributed by atoms with Crippen molar-refractivity contribution in [1.29, 1.82) is 0 Å². The number of primary amides is 1. The fourth-order valence-corrected chi connectivity index (χ4v) is 3.26. The highest BCUT2D eigenvalue weighted by atomic mass is 16.5. The number of rotatable bonds is 6. The van der Waals surface area contributed by atoms with E-state index < -0.39 is 5.91 Å². The molecule has 0 saturated carbocycles. The fraction of sp³-hybridized carbons (Fsp3) is 0.579. The second-order valence-corrected chi connectivity index (χ2v) is 7.68. The molecular weight excluding hydrogens is 320 g/mol. The van der Waals surface area contributed by atoms with E-state index in [0.717, 1.165) is 25.8 Å². The number of carbonyl (C=O) groups is 2. The van der Waals surface area contributed by atoms with Crippen LogP contribution >= 0.6 is 0 Å². The number of benzene rings is 1. The van der Waals surface area contributed by atoms with Gasteiger partial charge in [-0.25, -0.2) is 0 Å². The summed E-state index contributed by atoms with van der Waals surface area (Å²) < 4.78 is 10.6. The van der Waals surface area contributed by atoms with Crippen LogP contribution in [0.25, 0.3) is 0 Å². The van der Waals surface area contributed by atoms with Gasteiger partial charge in [-0.1, -0.05) is 20.8 Å². The van der Waals surface area contributed by atoms with Crippen LogP contribution < -0.4 is 15.2 Å². The molecule has 0 aliphatic carbocycles. The van der Waals surface area contributed by atoms with Gasteiger partial charge in [0.05, 0.1) is 7.11 Å². The average Bonchev–Trinajstić information content (AvgIpc) is 2.97. The van der Waals surface area contributed by atoms with E-state index in [4.69, 9.17) is 15.2 Å². The number of likely N-dealkylation sites (tertiary alicyclic amines) is 1. The van der Waals surface area contributed by atoms with E-state index in [2.05, 4.69) is 20.8 Å².